The lowest BCUT2D eigenvalue weighted by atomic mass is 10.1. The number of aliphatic hydroxyl groups is 1. The molecule has 0 aliphatic carbocycles. The van der Waals surface area contributed by atoms with Crippen molar-refractivity contribution in [3.63, 3.8) is 0 Å². The molecule has 124 valence electrons. The first-order valence-electron chi connectivity index (χ1n) is 7.91. The molecule has 0 amide bonds. The van der Waals surface area contributed by atoms with Gasteiger partial charge in [0.25, 0.3) is 0 Å². The van der Waals surface area contributed by atoms with Crippen LogP contribution in [-0.4, -0.2) is 21.4 Å². The summed E-state index contributed by atoms with van der Waals surface area (Å²) in [6.45, 7) is 1.57. The van der Waals surface area contributed by atoms with E-state index in [1.807, 2.05) is 29.1 Å². The molecule has 3 aromatic rings. The van der Waals surface area contributed by atoms with Crippen LogP contribution in [-0.2, 0) is 13.1 Å². The van der Waals surface area contributed by atoms with Gasteiger partial charge in [-0.05, 0) is 11.6 Å². The first kappa shape index (κ1) is 16.4. The Bertz CT molecular complexity index is 773. The summed E-state index contributed by atoms with van der Waals surface area (Å²) >= 11 is 0. The Hall–Kier alpha value is -2.50. The van der Waals surface area contributed by atoms with Crippen molar-refractivity contribution in [2.45, 2.75) is 19.2 Å². The maximum absolute atomic E-state index is 13.6. The minimum atomic E-state index is -0.870. The van der Waals surface area contributed by atoms with E-state index in [4.69, 9.17) is 0 Å². The molecular weight excluding hydrogens is 305 g/mol. The smallest absolute Gasteiger partial charge is 0.129 e. The maximum Gasteiger partial charge on any atom is 0.129 e. The third kappa shape index (κ3) is 4.28. The monoisotopic (exact) mass is 325 g/mol. The predicted molar refractivity (Wildman–Crippen MR) is 90.8 cm³/mol. The largest absolute Gasteiger partial charge is 0.387 e. The number of rotatable bonds is 7. The lowest BCUT2D eigenvalue weighted by molar-refractivity contribution is 0.169. The minimum absolute atomic E-state index is 0.283. The molecule has 2 aromatic carbocycles. The predicted octanol–water partition coefficient (Wildman–Crippen LogP) is 2.89. The molecule has 0 saturated heterocycles. The standard InChI is InChI=1S/C19H20FN3O/c20-18-9-5-4-8-17(18)19(24)12-21-10-16-11-22-23(14-16)13-15-6-2-1-3-7-15/h1-9,11,14,19,21,24H,10,12-13H2/t19-/m1/s1. The lowest BCUT2D eigenvalue weighted by Crippen LogP contribution is -2.21. The van der Waals surface area contributed by atoms with Gasteiger partial charge in [-0.25, -0.2) is 4.39 Å². The van der Waals surface area contributed by atoms with E-state index in [9.17, 15) is 9.50 Å². The highest BCUT2D eigenvalue weighted by molar-refractivity contribution is 5.20. The molecule has 1 atom stereocenters. The molecule has 0 aliphatic heterocycles. The van der Waals surface area contributed by atoms with Crippen LogP contribution in [0.2, 0.25) is 0 Å². The molecule has 24 heavy (non-hydrogen) atoms. The highest BCUT2D eigenvalue weighted by Gasteiger charge is 2.11. The fraction of sp³-hybridized carbons (Fsp3) is 0.211. The van der Waals surface area contributed by atoms with Gasteiger partial charge >= 0.3 is 0 Å². The SMILES string of the molecule is O[C@H](CNCc1cnn(Cc2ccccc2)c1)c1ccccc1F. The second kappa shape index (κ2) is 7.86. The van der Waals surface area contributed by atoms with Crippen molar-refractivity contribution in [1.29, 1.82) is 0 Å². The highest BCUT2D eigenvalue weighted by Crippen LogP contribution is 2.15. The Balaban J connectivity index is 1.50. The van der Waals surface area contributed by atoms with Gasteiger partial charge in [-0.2, -0.15) is 5.10 Å². The second-order valence-corrected chi connectivity index (χ2v) is 5.70. The van der Waals surface area contributed by atoms with Crippen LogP contribution in [0.5, 0.6) is 0 Å². The van der Waals surface area contributed by atoms with Crippen molar-refractivity contribution in [3.8, 4) is 0 Å². The number of halogens is 1. The van der Waals surface area contributed by atoms with Crippen LogP contribution >= 0.6 is 0 Å². The van der Waals surface area contributed by atoms with Gasteiger partial charge in [0.05, 0.1) is 18.8 Å². The van der Waals surface area contributed by atoms with E-state index in [1.54, 1.807) is 24.4 Å². The van der Waals surface area contributed by atoms with Crippen LogP contribution in [0.3, 0.4) is 0 Å². The summed E-state index contributed by atoms with van der Waals surface area (Å²) in [6.07, 6.45) is 2.89. The summed E-state index contributed by atoms with van der Waals surface area (Å²) in [5.74, 6) is -0.387. The number of nitrogens with one attached hydrogen (secondary N) is 1. The summed E-state index contributed by atoms with van der Waals surface area (Å²) < 4.78 is 15.5. The summed E-state index contributed by atoms with van der Waals surface area (Å²) in [4.78, 5) is 0. The zero-order chi connectivity index (χ0) is 16.8. The third-order valence-corrected chi connectivity index (χ3v) is 3.81. The van der Waals surface area contributed by atoms with Crippen LogP contribution in [0.25, 0.3) is 0 Å². The molecular formula is C19H20FN3O. The first-order chi connectivity index (χ1) is 11.7. The highest BCUT2D eigenvalue weighted by atomic mass is 19.1. The van der Waals surface area contributed by atoms with E-state index in [1.165, 1.54) is 11.6 Å². The quantitative estimate of drug-likeness (QED) is 0.702. The Labute approximate surface area is 140 Å². The molecule has 3 rings (SSSR count). The van der Waals surface area contributed by atoms with Gasteiger partial charge in [0.2, 0.25) is 0 Å². The van der Waals surface area contributed by atoms with E-state index in [0.29, 0.717) is 12.1 Å². The van der Waals surface area contributed by atoms with Crippen molar-refractivity contribution in [1.82, 2.24) is 15.1 Å². The zero-order valence-corrected chi connectivity index (χ0v) is 13.3. The fourth-order valence-electron chi connectivity index (χ4n) is 2.56. The van der Waals surface area contributed by atoms with Gasteiger partial charge in [0.1, 0.15) is 5.82 Å². The number of aliphatic hydroxyl groups excluding tert-OH is 1. The molecule has 0 saturated carbocycles. The minimum Gasteiger partial charge on any atom is -0.387 e. The number of aromatic nitrogens is 2. The van der Waals surface area contributed by atoms with E-state index in [2.05, 4.69) is 22.5 Å². The molecule has 0 radical (unpaired) electrons. The van der Waals surface area contributed by atoms with E-state index < -0.39 is 6.10 Å². The first-order valence-corrected chi connectivity index (χ1v) is 7.91. The van der Waals surface area contributed by atoms with Crippen LogP contribution < -0.4 is 5.32 Å². The van der Waals surface area contributed by atoms with Crippen LogP contribution in [0.15, 0.2) is 67.0 Å². The molecule has 4 nitrogen and oxygen atoms in total. The third-order valence-electron chi connectivity index (χ3n) is 3.81. The van der Waals surface area contributed by atoms with Gasteiger partial charge in [-0.3, -0.25) is 4.68 Å². The summed E-state index contributed by atoms with van der Waals surface area (Å²) in [5.41, 5.74) is 2.52. The summed E-state index contributed by atoms with van der Waals surface area (Å²) in [7, 11) is 0. The Morgan fingerprint density at radius 1 is 1.04 bits per heavy atom. The summed E-state index contributed by atoms with van der Waals surface area (Å²) in [5, 5.41) is 17.5. The number of nitrogens with zero attached hydrogens (tertiary/aromatic N) is 2. The normalized spacial score (nSPS) is 12.2. The molecule has 0 fully saturated rings. The van der Waals surface area contributed by atoms with Crippen LogP contribution in [0, 0.1) is 5.82 Å². The lowest BCUT2D eigenvalue weighted by Gasteiger charge is -2.12. The van der Waals surface area contributed by atoms with Crippen molar-refractivity contribution in [2.75, 3.05) is 6.54 Å². The van der Waals surface area contributed by atoms with Gasteiger partial charge in [0, 0.05) is 30.4 Å². The Morgan fingerprint density at radius 2 is 1.79 bits per heavy atom. The average Bonchev–Trinajstić information content (AvgIpc) is 3.03. The molecule has 5 heteroatoms. The van der Waals surface area contributed by atoms with E-state index in [0.717, 1.165) is 12.1 Å². The van der Waals surface area contributed by atoms with Gasteiger partial charge < -0.3 is 10.4 Å². The molecule has 1 aromatic heterocycles. The summed E-state index contributed by atoms with van der Waals surface area (Å²) in [6, 6.07) is 16.4. The fourth-order valence-corrected chi connectivity index (χ4v) is 2.56. The van der Waals surface area contributed by atoms with Crippen molar-refractivity contribution in [2.24, 2.45) is 0 Å². The van der Waals surface area contributed by atoms with E-state index in [-0.39, 0.29) is 12.4 Å². The molecule has 1 heterocycles. The van der Waals surface area contributed by atoms with Crippen LogP contribution in [0.4, 0.5) is 4.39 Å². The number of hydrogen-bond acceptors (Lipinski definition) is 3. The zero-order valence-electron chi connectivity index (χ0n) is 13.3. The Kier molecular flexibility index (Phi) is 5.36. The van der Waals surface area contributed by atoms with Crippen molar-refractivity contribution >= 4 is 0 Å². The van der Waals surface area contributed by atoms with Crippen LogP contribution in [0.1, 0.15) is 22.8 Å². The maximum atomic E-state index is 13.6. The molecule has 0 bridgehead atoms. The van der Waals surface area contributed by atoms with Gasteiger partial charge in [0.15, 0.2) is 0 Å². The number of hydrogen-bond donors (Lipinski definition) is 2. The molecule has 0 unspecified atom stereocenters. The van der Waals surface area contributed by atoms with Crippen molar-refractivity contribution in [3.05, 3.63) is 89.5 Å². The van der Waals surface area contributed by atoms with Crippen molar-refractivity contribution < 1.29 is 9.50 Å². The molecule has 0 spiro atoms. The van der Waals surface area contributed by atoms with Gasteiger partial charge in [-0.15, -0.1) is 0 Å². The topological polar surface area (TPSA) is 50.1 Å². The van der Waals surface area contributed by atoms with E-state index >= 15 is 0 Å². The van der Waals surface area contributed by atoms with Gasteiger partial charge in [-0.1, -0.05) is 48.5 Å². The molecule has 2 N–H and O–H groups in total. The second-order valence-electron chi connectivity index (χ2n) is 5.70. The molecule has 0 aliphatic rings. The Morgan fingerprint density at radius 3 is 2.58 bits per heavy atom. The average molecular weight is 325 g/mol. The number of benzene rings is 2.